The zero-order chi connectivity index (χ0) is 21.5. The number of nitrogens with zero attached hydrogens (tertiary/aromatic N) is 3. The average molecular weight is 397 g/mol. The molecule has 0 N–H and O–H groups in total. The lowest BCUT2D eigenvalue weighted by molar-refractivity contribution is 0.0473. The van der Waals surface area contributed by atoms with Crippen LogP contribution in [0.2, 0.25) is 0 Å². The molecule has 0 bridgehead atoms. The van der Waals surface area contributed by atoms with E-state index in [0.29, 0.717) is 22.7 Å². The third-order valence-electron chi connectivity index (χ3n) is 5.13. The maximum absolute atomic E-state index is 12.7. The molecule has 0 saturated carbocycles. The first kappa shape index (κ1) is 20.6. The summed E-state index contributed by atoms with van der Waals surface area (Å²) < 4.78 is 14.4. The van der Waals surface area contributed by atoms with Crippen molar-refractivity contribution in [1.29, 1.82) is 0 Å². The number of hydrogen-bond acceptors (Lipinski definition) is 5. The van der Waals surface area contributed by atoms with Gasteiger partial charge in [0.05, 0.1) is 5.56 Å². The molecule has 0 amide bonds. The molecular formula is C22H27N3O4. The van der Waals surface area contributed by atoms with Gasteiger partial charge in [0.25, 0.3) is 0 Å². The van der Waals surface area contributed by atoms with Crippen molar-refractivity contribution in [2.75, 3.05) is 6.61 Å². The zero-order valence-electron chi connectivity index (χ0n) is 18.0. The summed E-state index contributed by atoms with van der Waals surface area (Å²) in [7, 11) is 0. The molecular weight excluding hydrogens is 370 g/mol. The van der Waals surface area contributed by atoms with E-state index in [9.17, 15) is 9.59 Å². The van der Waals surface area contributed by atoms with Crippen LogP contribution in [0.1, 0.15) is 69.1 Å². The van der Waals surface area contributed by atoms with Crippen LogP contribution in [-0.2, 0) is 4.74 Å². The molecule has 3 rings (SSSR count). The van der Waals surface area contributed by atoms with E-state index in [1.807, 2.05) is 39.2 Å². The van der Waals surface area contributed by atoms with Gasteiger partial charge in [-0.3, -0.25) is 9.36 Å². The van der Waals surface area contributed by atoms with Crippen molar-refractivity contribution >= 4 is 11.8 Å². The first-order chi connectivity index (χ1) is 13.6. The quantitative estimate of drug-likeness (QED) is 0.454. The minimum Gasteiger partial charge on any atom is -0.454 e. The number of rotatable bonds is 6. The van der Waals surface area contributed by atoms with E-state index >= 15 is 0 Å². The molecule has 3 aromatic rings. The number of aromatic nitrogens is 3. The van der Waals surface area contributed by atoms with Crippen LogP contribution in [0.25, 0.3) is 5.82 Å². The second-order valence-corrected chi connectivity index (χ2v) is 7.66. The Morgan fingerprint density at radius 1 is 1.00 bits per heavy atom. The van der Waals surface area contributed by atoms with E-state index in [-0.39, 0.29) is 18.4 Å². The Balaban J connectivity index is 1.77. The van der Waals surface area contributed by atoms with Crippen LogP contribution in [0.15, 0.2) is 22.7 Å². The van der Waals surface area contributed by atoms with Gasteiger partial charge >= 0.3 is 5.97 Å². The summed E-state index contributed by atoms with van der Waals surface area (Å²) in [5, 5.41) is 4.02. The lowest BCUT2D eigenvalue weighted by atomic mass is 10.1. The highest BCUT2D eigenvalue weighted by Gasteiger charge is 2.22. The van der Waals surface area contributed by atoms with Gasteiger partial charge in [0.15, 0.2) is 12.4 Å². The van der Waals surface area contributed by atoms with Gasteiger partial charge in [0, 0.05) is 40.4 Å². The Kier molecular flexibility index (Phi) is 5.50. The monoisotopic (exact) mass is 397 g/mol. The molecule has 0 fully saturated rings. The molecule has 0 saturated heterocycles. The van der Waals surface area contributed by atoms with Crippen molar-refractivity contribution in [1.82, 2.24) is 14.3 Å². The summed E-state index contributed by atoms with van der Waals surface area (Å²) in [5.74, 6) is 0.567. The lowest BCUT2D eigenvalue weighted by Gasteiger charge is -2.13. The first-order valence-electron chi connectivity index (χ1n) is 9.63. The average Bonchev–Trinajstić information content (AvgIpc) is 3.28. The van der Waals surface area contributed by atoms with Crippen LogP contribution in [0.4, 0.5) is 0 Å². The zero-order valence-corrected chi connectivity index (χ0v) is 18.0. The van der Waals surface area contributed by atoms with Gasteiger partial charge in [-0.05, 0) is 60.6 Å². The minimum absolute atomic E-state index is 0.240. The minimum atomic E-state index is -0.487. The van der Waals surface area contributed by atoms with E-state index in [1.165, 1.54) is 0 Å². The number of carbonyl (C=O) groups is 2. The Bertz CT molecular complexity index is 1080. The van der Waals surface area contributed by atoms with Crippen LogP contribution >= 0.6 is 0 Å². The molecule has 3 aromatic heterocycles. The lowest BCUT2D eigenvalue weighted by Crippen LogP contribution is -2.16. The second kappa shape index (κ2) is 7.73. The molecule has 0 unspecified atom stereocenters. The molecule has 0 aromatic carbocycles. The first-order valence-corrected chi connectivity index (χ1v) is 9.63. The summed E-state index contributed by atoms with van der Waals surface area (Å²) in [6.45, 7) is 13.2. The third-order valence-corrected chi connectivity index (χ3v) is 5.13. The van der Waals surface area contributed by atoms with E-state index in [2.05, 4.69) is 23.6 Å². The van der Waals surface area contributed by atoms with E-state index < -0.39 is 5.97 Å². The highest BCUT2D eigenvalue weighted by Crippen LogP contribution is 2.23. The number of esters is 1. The SMILES string of the molecule is Cc1cc(-n2c(C)cc(C(=O)COC(=O)c3cc(C)n(C(C)C)c3C)c2C)no1. The second-order valence-electron chi connectivity index (χ2n) is 7.66. The predicted molar refractivity (Wildman–Crippen MR) is 109 cm³/mol. The van der Waals surface area contributed by atoms with Crippen LogP contribution in [-0.4, -0.2) is 32.7 Å². The molecule has 7 nitrogen and oxygen atoms in total. The molecule has 0 atom stereocenters. The molecule has 29 heavy (non-hydrogen) atoms. The number of ether oxygens (including phenoxy) is 1. The fraction of sp³-hybridized carbons (Fsp3) is 0.409. The Hall–Kier alpha value is -3.09. The summed E-state index contributed by atoms with van der Waals surface area (Å²) in [5.41, 5.74) is 4.41. The highest BCUT2D eigenvalue weighted by molar-refractivity contribution is 6.00. The molecule has 0 spiro atoms. The Morgan fingerprint density at radius 3 is 2.21 bits per heavy atom. The summed E-state index contributed by atoms with van der Waals surface area (Å²) >= 11 is 0. The third kappa shape index (κ3) is 3.77. The molecule has 7 heteroatoms. The Labute approximate surface area is 170 Å². The van der Waals surface area contributed by atoms with Gasteiger partial charge in [-0.25, -0.2) is 4.79 Å². The van der Waals surface area contributed by atoms with Gasteiger partial charge < -0.3 is 13.8 Å². The highest BCUT2D eigenvalue weighted by atomic mass is 16.5. The largest absolute Gasteiger partial charge is 0.454 e. The number of hydrogen-bond donors (Lipinski definition) is 0. The number of ketones is 1. The summed E-state index contributed by atoms with van der Waals surface area (Å²) in [4.78, 5) is 25.3. The van der Waals surface area contributed by atoms with Crippen molar-refractivity contribution in [2.45, 2.75) is 54.5 Å². The van der Waals surface area contributed by atoms with Gasteiger partial charge in [-0.15, -0.1) is 0 Å². The van der Waals surface area contributed by atoms with E-state index in [0.717, 1.165) is 22.8 Å². The molecule has 3 heterocycles. The number of Topliss-reactive ketones (excluding diaryl/α,β-unsaturated/α-hetero) is 1. The normalized spacial score (nSPS) is 11.3. The molecule has 154 valence electrons. The molecule has 0 aliphatic rings. The van der Waals surface area contributed by atoms with Gasteiger partial charge in [0.2, 0.25) is 5.78 Å². The van der Waals surface area contributed by atoms with Crippen molar-refractivity contribution in [3.63, 3.8) is 0 Å². The van der Waals surface area contributed by atoms with Crippen LogP contribution < -0.4 is 0 Å². The van der Waals surface area contributed by atoms with Crippen molar-refractivity contribution in [3.8, 4) is 5.82 Å². The van der Waals surface area contributed by atoms with E-state index in [4.69, 9.17) is 9.26 Å². The maximum atomic E-state index is 12.7. The number of aryl methyl sites for hydroxylation is 3. The summed E-state index contributed by atoms with van der Waals surface area (Å²) in [6.07, 6.45) is 0. The maximum Gasteiger partial charge on any atom is 0.340 e. The fourth-order valence-electron chi connectivity index (χ4n) is 3.92. The standard InChI is InChI=1S/C22H27N3O4/c1-12(2)24-13(3)9-19(17(24)7)22(27)28-11-20(26)18-8-14(4)25(16(18)6)21-10-15(5)29-23-21/h8-10,12H,11H2,1-7H3. The smallest absolute Gasteiger partial charge is 0.340 e. The molecule has 0 aliphatic carbocycles. The van der Waals surface area contributed by atoms with Gasteiger partial charge in [0.1, 0.15) is 5.76 Å². The van der Waals surface area contributed by atoms with Crippen LogP contribution in [0, 0.1) is 34.6 Å². The van der Waals surface area contributed by atoms with Crippen LogP contribution in [0.3, 0.4) is 0 Å². The summed E-state index contributed by atoms with van der Waals surface area (Å²) in [6, 6.07) is 5.63. The van der Waals surface area contributed by atoms with Crippen LogP contribution in [0.5, 0.6) is 0 Å². The van der Waals surface area contributed by atoms with Gasteiger partial charge in [-0.1, -0.05) is 5.16 Å². The molecule has 0 radical (unpaired) electrons. The predicted octanol–water partition coefficient (Wildman–Crippen LogP) is 4.43. The number of carbonyl (C=O) groups excluding carboxylic acids is 2. The molecule has 0 aliphatic heterocycles. The van der Waals surface area contributed by atoms with Crippen molar-refractivity contribution < 1.29 is 18.8 Å². The fourth-order valence-corrected chi connectivity index (χ4v) is 3.92. The van der Waals surface area contributed by atoms with Crippen molar-refractivity contribution in [3.05, 3.63) is 57.9 Å². The van der Waals surface area contributed by atoms with Crippen molar-refractivity contribution in [2.24, 2.45) is 0 Å². The topological polar surface area (TPSA) is 79.3 Å². The van der Waals surface area contributed by atoms with E-state index in [1.54, 1.807) is 18.2 Å². The Morgan fingerprint density at radius 2 is 1.66 bits per heavy atom. The van der Waals surface area contributed by atoms with Gasteiger partial charge in [-0.2, -0.15) is 0 Å².